The maximum atomic E-state index is 13.4. The molecule has 506 valence electrons. The Kier molecular flexibility index (Phi) is 17.9. The van der Waals surface area contributed by atoms with Crippen molar-refractivity contribution in [3.8, 4) is 0 Å². The van der Waals surface area contributed by atoms with Crippen LogP contribution < -0.4 is 4.57 Å². The van der Waals surface area contributed by atoms with E-state index in [4.69, 9.17) is 9.97 Å². The average molecular weight is 2050 g/mol. The molecule has 4 radical (unpaired) electrons. The Labute approximate surface area is 647 Å². The molecule has 0 atom stereocenters. The van der Waals surface area contributed by atoms with E-state index in [1.165, 1.54) is 104 Å². The minimum absolute atomic E-state index is 0. The molecule has 0 saturated heterocycles. The van der Waals surface area contributed by atoms with Crippen LogP contribution >= 0.6 is 0 Å². The second-order valence-electron chi connectivity index (χ2n) is 25.4. The third kappa shape index (κ3) is 10.7. The summed E-state index contributed by atoms with van der Waals surface area (Å²) in [6.07, 6.45) is 7.49. The van der Waals surface area contributed by atoms with E-state index in [1.807, 2.05) is 89.7 Å². The zero-order valence-electron chi connectivity index (χ0n) is 55.2. The number of pyridine rings is 5. The number of hydrogen-bond donors (Lipinski definition) is 0. The maximum absolute atomic E-state index is 13.4. The van der Waals surface area contributed by atoms with Crippen LogP contribution in [0.5, 0.6) is 0 Å². The molecule has 0 amide bonds. The van der Waals surface area contributed by atoms with E-state index in [2.05, 4.69) is 257 Å². The Balaban J connectivity index is 0.0000000995. The molecule has 1 aliphatic heterocycles. The summed E-state index contributed by atoms with van der Waals surface area (Å²) in [6.45, 7) is 3.09. The Morgan fingerprint density at radius 1 is 0.356 bits per heavy atom. The van der Waals surface area contributed by atoms with Gasteiger partial charge in [-0.05, 0) is 101 Å². The van der Waals surface area contributed by atoms with Crippen molar-refractivity contribution in [2.75, 3.05) is 0 Å². The molecule has 0 spiro atoms. The van der Waals surface area contributed by atoms with Crippen LogP contribution in [0.3, 0.4) is 0 Å². The number of rotatable bonds is 0. The quantitative estimate of drug-likeness (QED) is 0.0861. The van der Waals surface area contributed by atoms with E-state index in [-0.39, 0.29) is 86.2 Å². The molecular weight excluding hydrogens is 2000 g/mol. The molecule has 0 aliphatic carbocycles. The molecule has 11 heterocycles. The third-order valence-corrected chi connectivity index (χ3v) is 19.8. The topological polar surface area (TPSA) is 77.5 Å². The second kappa shape index (κ2) is 27.4. The molecule has 0 unspecified atom stereocenters. The van der Waals surface area contributed by atoms with Crippen molar-refractivity contribution >= 4 is 170 Å². The minimum atomic E-state index is -0.274. The van der Waals surface area contributed by atoms with E-state index in [0.717, 1.165) is 89.0 Å². The van der Waals surface area contributed by atoms with E-state index in [1.54, 1.807) is 12.3 Å². The van der Waals surface area contributed by atoms with Crippen LogP contribution in [0.4, 0.5) is 4.39 Å². The van der Waals surface area contributed by atoms with Gasteiger partial charge < -0.3 is 17.6 Å². The normalized spacial score (nSPS) is 11.6. The number of hydrogen-bond acceptors (Lipinski definition) is 4. The van der Waals surface area contributed by atoms with Gasteiger partial charge in [-0.15, -0.1) is 107 Å². The molecule has 0 bridgehead atoms. The molecule has 15 heteroatoms. The smallest absolute Gasteiger partial charge is 0.296 e. The van der Waals surface area contributed by atoms with E-state index >= 15 is 0 Å². The average Bonchev–Trinajstić information content (AvgIpc) is 1.53. The van der Waals surface area contributed by atoms with Gasteiger partial charge in [0.1, 0.15) is 12.1 Å². The first-order valence-electron chi connectivity index (χ1n) is 33.4. The molecule has 24 rings (SSSR count). The van der Waals surface area contributed by atoms with Gasteiger partial charge in [0.05, 0.1) is 50.0 Å². The summed E-state index contributed by atoms with van der Waals surface area (Å²) in [5.41, 5.74) is 20.6. The SMILES string of the molecule is Cc1ccc2nc3c4[c-]cccc4c4ccccc4n3c2c1.Fc1c[c-]c2c(c1)c1ccccc1n1ccnc21.[Ir].[Ir].[Ir].[Ir].[c-]1cccc2c1c1nc3ccccc3n1c1ccccc21.[c-]1cccc2c1c1nccn1c1ccccc21.c1cc2c3c(c1)c1ccccc1n1c4ccccc4[n+](c31)C2. The van der Waals surface area contributed by atoms with Crippen LogP contribution in [0.1, 0.15) is 11.1 Å². The molecule has 1 aliphatic rings. The van der Waals surface area contributed by atoms with Crippen molar-refractivity contribution in [2.24, 2.45) is 0 Å². The van der Waals surface area contributed by atoms with Crippen molar-refractivity contribution in [1.82, 2.24) is 41.9 Å². The van der Waals surface area contributed by atoms with Crippen molar-refractivity contribution in [1.29, 1.82) is 0 Å². The summed E-state index contributed by atoms with van der Waals surface area (Å²) in [5, 5.41) is 17.4. The first-order chi connectivity index (χ1) is 49.5. The summed E-state index contributed by atoms with van der Waals surface area (Å²) < 4.78 is 26.9. The van der Waals surface area contributed by atoms with Gasteiger partial charge in [0.25, 0.3) is 5.65 Å². The number of fused-ring (bicyclic) bond motifs is 34. The Hall–Kier alpha value is -10.8. The molecule has 0 N–H and O–H groups in total. The van der Waals surface area contributed by atoms with Crippen molar-refractivity contribution in [3.05, 3.63) is 339 Å². The summed E-state index contributed by atoms with van der Waals surface area (Å²) in [6, 6.07) is 106. The molecule has 0 fully saturated rings. The first kappa shape index (κ1) is 67.7. The van der Waals surface area contributed by atoms with Crippen LogP contribution in [0.25, 0.3) is 170 Å². The summed E-state index contributed by atoms with van der Waals surface area (Å²) in [7, 11) is 0. The predicted molar refractivity (Wildman–Crippen MR) is 405 cm³/mol. The first-order valence-corrected chi connectivity index (χ1v) is 33.4. The van der Waals surface area contributed by atoms with Crippen LogP contribution in [-0.4, -0.2) is 41.9 Å². The zero-order chi connectivity index (χ0) is 66.1. The van der Waals surface area contributed by atoms with Crippen LogP contribution in [0, 0.1) is 37.0 Å². The van der Waals surface area contributed by atoms with Gasteiger partial charge in [0.2, 0.25) is 0 Å². The minimum Gasteiger partial charge on any atom is -0.340 e. The number of halogens is 1. The fraction of sp³-hybridized carbons (Fsp3) is 0.0225. The van der Waals surface area contributed by atoms with Gasteiger partial charge in [0.15, 0.2) is 11.0 Å². The van der Waals surface area contributed by atoms with E-state index in [0.29, 0.717) is 0 Å². The van der Waals surface area contributed by atoms with Crippen LogP contribution in [0.2, 0.25) is 0 Å². The molecule has 23 aromatic rings. The molecule has 0 saturated carbocycles. The number of nitrogens with zero attached hydrogens (tertiary/aromatic N) is 10. The van der Waals surface area contributed by atoms with Gasteiger partial charge in [0, 0.05) is 149 Å². The molecule has 104 heavy (non-hydrogen) atoms. The maximum Gasteiger partial charge on any atom is 0.296 e. The standard InChI is InChI=1S/2C20H13N2.C19H11N2.C15H8FN2.C15H9N2.4Ir/c1-2-9-16-14(7-1)15-8-5-6-13-12-21-17-10-3-4-11-18(17)22(16)20(21)19(13)15;1-13-10-11-17-19(12-13)22-18-9-5-4-7-15(18)14-6-2-3-8-16(14)20(22)21-17;1-2-9-15-13(7-1)14-8-3-5-11-17(14)21-18-12-6-4-10-16(18)20-19(15)21;16-10-5-6-12-13(9-10)11-3-1-2-4-14(11)18-8-7-17-15(12)18;1-2-7-13-11(5-1)12-6-3-4-8-14(12)17-10-9-16-15(13)17;;;;/h1-11H,12H2;2-7,9-12H,1H3;1-8,10-12H;1-5,7-9H;1-6,8-10H;;;;/q+1;4*-1;;;;. The Bertz CT molecular complexity index is 7270. The zero-order valence-corrected chi connectivity index (χ0v) is 64.8. The monoisotopic (exact) mass is 2050 g/mol. The van der Waals surface area contributed by atoms with E-state index in [9.17, 15) is 4.39 Å². The van der Waals surface area contributed by atoms with Gasteiger partial charge in [-0.3, -0.25) is 24.3 Å². The number of aromatic nitrogens is 10. The Morgan fingerprint density at radius 3 is 1.36 bits per heavy atom. The third-order valence-electron chi connectivity index (χ3n) is 19.8. The predicted octanol–water partition coefficient (Wildman–Crippen LogP) is 20.6. The van der Waals surface area contributed by atoms with Crippen molar-refractivity contribution < 1.29 is 89.4 Å². The summed E-state index contributed by atoms with van der Waals surface area (Å²) in [5.74, 6) is -0.274. The second-order valence-corrected chi connectivity index (χ2v) is 25.4. The molecule has 10 nitrogen and oxygen atoms in total. The molecule has 10 aromatic heterocycles. The van der Waals surface area contributed by atoms with Crippen molar-refractivity contribution in [3.63, 3.8) is 0 Å². The fourth-order valence-corrected chi connectivity index (χ4v) is 15.6. The number of para-hydroxylation sites is 9. The number of imidazole rings is 5. The largest absolute Gasteiger partial charge is 0.340 e. The Morgan fingerprint density at radius 2 is 0.779 bits per heavy atom. The number of benzene rings is 13. The van der Waals surface area contributed by atoms with Gasteiger partial charge in [-0.25, -0.2) is 4.57 Å². The van der Waals surface area contributed by atoms with Crippen molar-refractivity contribution in [2.45, 2.75) is 13.5 Å². The van der Waals surface area contributed by atoms with Crippen LogP contribution in [-0.2, 0) is 87.0 Å². The van der Waals surface area contributed by atoms with E-state index < -0.39 is 0 Å². The summed E-state index contributed by atoms with van der Waals surface area (Å²) >= 11 is 0. The van der Waals surface area contributed by atoms with Gasteiger partial charge >= 0.3 is 0 Å². The van der Waals surface area contributed by atoms with Gasteiger partial charge in [-0.1, -0.05) is 166 Å². The molecular formula is C89H54FIr4N10-3. The van der Waals surface area contributed by atoms with Gasteiger partial charge in [-0.2, -0.15) is 4.40 Å². The van der Waals surface area contributed by atoms with Crippen LogP contribution in [0.15, 0.2) is 298 Å². The fourth-order valence-electron chi connectivity index (χ4n) is 15.6. The summed E-state index contributed by atoms with van der Waals surface area (Å²) in [4.78, 5) is 18.5. The number of aryl methyl sites for hydroxylation is 1. The molecule has 13 aromatic carbocycles.